The van der Waals surface area contributed by atoms with Gasteiger partial charge in [-0.3, -0.25) is 0 Å². The highest BCUT2D eigenvalue weighted by Crippen LogP contribution is 2.11. The van der Waals surface area contributed by atoms with Crippen molar-refractivity contribution in [3.8, 4) is 0 Å². The molecule has 1 unspecified atom stereocenters. The molecule has 1 aliphatic rings. The van der Waals surface area contributed by atoms with Crippen molar-refractivity contribution in [1.82, 2.24) is 15.3 Å². The highest BCUT2D eigenvalue weighted by molar-refractivity contribution is 5.46. The molecule has 1 aromatic rings. The lowest BCUT2D eigenvalue weighted by molar-refractivity contribution is 0.414. The highest BCUT2D eigenvalue weighted by Gasteiger charge is 2.12. The van der Waals surface area contributed by atoms with Crippen LogP contribution in [-0.4, -0.2) is 35.6 Å². The molecule has 0 aromatic carbocycles. The lowest BCUT2D eigenvalue weighted by atomic mass is 10.1. The van der Waals surface area contributed by atoms with Crippen LogP contribution in [-0.2, 0) is 0 Å². The van der Waals surface area contributed by atoms with E-state index in [1.807, 2.05) is 6.07 Å². The molecule has 0 spiro atoms. The molecule has 3 N–H and O–H groups in total. The standard InChI is InChI=1S/C14H25N5/c1-2-3-7-16-13-9-14(19-11-18-13)17-10-12-6-4-5-8-15-12/h9,11-12,15H,2-8,10H2,1H3,(H2,16,17,18,19). The lowest BCUT2D eigenvalue weighted by Crippen LogP contribution is -2.39. The summed E-state index contributed by atoms with van der Waals surface area (Å²) in [7, 11) is 0. The topological polar surface area (TPSA) is 61.9 Å². The van der Waals surface area contributed by atoms with Crippen LogP contribution in [0.3, 0.4) is 0 Å². The Morgan fingerprint density at radius 3 is 2.84 bits per heavy atom. The molecule has 2 rings (SSSR count). The average Bonchev–Trinajstić information content (AvgIpc) is 2.47. The second-order valence-electron chi connectivity index (χ2n) is 5.10. The van der Waals surface area contributed by atoms with E-state index in [0.29, 0.717) is 6.04 Å². The van der Waals surface area contributed by atoms with Crippen molar-refractivity contribution >= 4 is 11.6 Å². The van der Waals surface area contributed by atoms with E-state index < -0.39 is 0 Å². The molecule has 0 radical (unpaired) electrons. The number of hydrogen-bond acceptors (Lipinski definition) is 5. The molecule has 0 amide bonds. The van der Waals surface area contributed by atoms with Crippen molar-refractivity contribution in [1.29, 1.82) is 0 Å². The lowest BCUT2D eigenvalue weighted by Gasteiger charge is -2.23. The number of nitrogens with zero attached hydrogens (tertiary/aromatic N) is 2. The van der Waals surface area contributed by atoms with Crippen LogP contribution in [0.5, 0.6) is 0 Å². The number of unbranched alkanes of at least 4 members (excludes halogenated alkanes) is 1. The Labute approximate surface area is 115 Å². The van der Waals surface area contributed by atoms with Gasteiger partial charge in [-0.1, -0.05) is 19.8 Å². The third-order valence-electron chi connectivity index (χ3n) is 3.45. The number of rotatable bonds is 7. The fourth-order valence-corrected chi connectivity index (χ4v) is 2.27. The van der Waals surface area contributed by atoms with Gasteiger partial charge in [-0.05, 0) is 25.8 Å². The van der Waals surface area contributed by atoms with Crippen molar-refractivity contribution in [2.45, 2.75) is 45.1 Å². The van der Waals surface area contributed by atoms with Gasteiger partial charge in [-0.15, -0.1) is 0 Å². The Kier molecular flexibility index (Phi) is 5.88. The van der Waals surface area contributed by atoms with E-state index in [2.05, 4.69) is 32.8 Å². The average molecular weight is 263 g/mol. The summed E-state index contributed by atoms with van der Waals surface area (Å²) in [6.07, 6.45) is 7.85. The third kappa shape index (κ3) is 5.03. The van der Waals surface area contributed by atoms with Gasteiger partial charge in [0.15, 0.2) is 0 Å². The molecular formula is C14H25N5. The van der Waals surface area contributed by atoms with Crippen molar-refractivity contribution in [3.63, 3.8) is 0 Å². The second kappa shape index (κ2) is 7.94. The van der Waals surface area contributed by atoms with Crippen LogP contribution >= 0.6 is 0 Å². The number of piperidine rings is 1. The summed E-state index contributed by atoms with van der Waals surface area (Å²) in [6.45, 7) is 5.23. The van der Waals surface area contributed by atoms with Crippen LogP contribution in [0.15, 0.2) is 12.4 Å². The zero-order chi connectivity index (χ0) is 13.3. The summed E-state index contributed by atoms with van der Waals surface area (Å²) in [5, 5.41) is 10.2. The fourth-order valence-electron chi connectivity index (χ4n) is 2.27. The minimum absolute atomic E-state index is 0.570. The van der Waals surface area contributed by atoms with Crippen molar-refractivity contribution in [2.75, 3.05) is 30.3 Å². The fraction of sp³-hybridized carbons (Fsp3) is 0.714. The maximum Gasteiger partial charge on any atom is 0.131 e. The smallest absolute Gasteiger partial charge is 0.131 e. The van der Waals surface area contributed by atoms with Gasteiger partial charge in [-0.2, -0.15) is 0 Å². The molecule has 0 saturated carbocycles. The van der Waals surface area contributed by atoms with Crippen LogP contribution in [0.1, 0.15) is 39.0 Å². The minimum atomic E-state index is 0.570. The summed E-state index contributed by atoms with van der Waals surface area (Å²) in [4.78, 5) is 8.49. The molecule has 19 heavy (non-hydrogen) atoms. The first-order chi connectivity index (χ1) is 9.38. The summed E-state index contributed by atoms with van der Waals surface area (Å²) < 4.78 is 0. The van der Waals surface area contributed by atoms with Crippen LogP contribution in [0.2, 0.25) is 0 Å². The number of aromatic nitrogens is 2. The van der Waals surface area contributed by atoms with E-state index in [1.54, 1.807) is 6.33 Å². The molecule has 1 saturated heterocycles. The summed E-state index contributed by atoms with van der Waals surface area (Å²) >= 11 is 0. The van der Waals surface area contributed by atoms with E-state index in [-0.39, 0.29) is 0 Å². The molecule has 1 atom stereocenters. The van der Waals surface area contributed by atoms with Crippen LogP contribution < -0.4 is 16.0 Å². The Bertz CT molecular complexity index is 363. The summed E-state index contributed by atoms with van der Waals surface area (Å²) in [6, 6.07) is 2.55. The van der Waals surface area contributed by atoms with Gasteiger partial charge in [0, 0.05) is 25.2 Å². The molecule has 2 heterocycles. The highest BCUT2D eigenvalue weighted by atomic mass is 15.1. The predicted octanol–water partition coefficient (Wildman–Crippen LogP) is 2.24. The number of nitrogens with one attached hydrogen (secondary N) is 3. The van der Waals surface area contributed by atoms with Gasteiger partial charge < -0.3 is 16.0 Å². The molecule has 106 valence electrons. The van der Waals surface area contributed by atoms with Crippen LogP contribution in [0.4, 0.5) is 11.6 Å². The van der Waals surface area contributed by atoms with Gasteiger partial charge >= 0.3 is 0 Å². The van der Waals surface area contributed by atoms with E-state index in [0.717, 1.165) is 31.3 Å². The largest absolute Gasteiger partial charge is 0.370 e. The first-order valence-corrected chi connectivity index (χ1v) is 7.41. The van der Waals surface area contributed by atoms with Crippen molar-refractivity contribution in [2.24, 2.45) is 0 Å². The quantitative estimate of drug-likeness (QED) is 0.659. The molecule has 5 heteroatoms. The molecule has 0 aliphatic carbocycles. The predicted molar refractivity (Wildman–Crippen MR) is 79.6 cm³/mol. The Balaban J connectivity index is 1.77. The monoisotopic (exact) mass is 263 g/mol. The maximum atomic E-state index is 4.26. The summed E-state index contributed by atoms with van der Waals surface area (Å²) in [5.41, 5.74) is 0. The molecule has 0 bridgehead atoms. The van der Waals surface area contributed by atoms with Gasteiger partial charge in [-0.25, -0.2) is 9.97 Å². The Morgan fingerprint density at radius 1 is 1.26 bits per heavy atom. The summed E-state index contributed by atoms with van der Waals surface area (Å²) in [5.74, 6) is 1.81. The van der Waals surface area contributed by atoms with Gasteiger partial charge in [0.25, 0.3) is 0 Å². The first kappa shape index (κ1) is 14.1. The van der Waals surface area contributed by atoms with E-state index in [9.17, 15) is 0 Å². The van der Waals surface area contributed by atoms with Crippen molar-refractivity contribution in [3.05, 3.63) is 12.4 Å². The van der Waals surface area contributed by atoms with Crippen LogP contribution in [0.25, 0.3) is 0 Å². The SMILES string of the molecule is CCCCNc1cc(NCC2CCCCN2)ncn1. The van der Waals surface area contributed by atoms with E-state index >= 15 is 0 Å². The normalized spacial score (nSPS) is 19.1. The Morgan fingerprint density at radius 2 is 2.11 bits per heavy atom. The molecular weight excluding hydrogens is 238 g/mol. The minimum Gasteiger partial charge on any atom is -0.370 e. The maximum absolute atomic E-state index is 4.26. The Hall–Kier alpha value is -1.36. The molecule has 1 fully saturated rings. The van der Waals surface area contributed by atoms with E-state index in [1.165, 1.54) is 32.1 Å². The number of anilines is 2. The van der Waals surface area contributed by atoms with Gasteiger partial charge in [0.2, 0.25) is 0 Å². The first-order valence-electron chi connectivity index (χ1n) is 7.41. The third-order valence-corrected chi connectivity index (χ3v) is 3.45. The van der Waals surface area contributed by atoms with Crippen molar-refractivity contribution < 1.29 is 0 Å². The van der Waals surface area contributed by atoms with Gasteiger partial charge in [0.05, 0.1) is 0 Å². The van der Waals surface area contributed by atoms with Crippen LogP contribution in [0, 0.1) is 0 Å². The number of hydrogen-bond donors (Lipinski definition) is 3. The zero-order valence-electron chi connectivity index (χ0n) is 11.8. The molecule has 1 aromatic heterocycles. The second-order valence-corrected chi connectivity index (χ2v) is 5.10. The molecule has 1 aliphatic heterocycles. The van der Waals surface area contributed by atoms with Gasteiger partial charge in [0.1, 0.15) is 18.0 Å². The van der Waals surface area contributed by atoms with E-state index in [4.69, 9.17) is 0 Å². The zero-order valence-corrected chi connectivity index (χ0v) is 11.8. The molecule has 5 nitrogen and oxygen atoms in total.